The Kier molecular flexibility index (Phi) is 5.50. The molecule has 0 spiro atoms. The highest BCUT2D eigenvalue weighted by Crippen LogP contribution is 2.24. The molecule has 1 fully saturated rings. The van der Waals surface area contributed by atoms with Gasteiger partial charge in [0.15, 0.2) is 5.69 Å². The number of aromatic nitrogens is 2. The first-order valence-electron chi connectivity index (χ1n) is 7.82. The number of carbonyl (C=O) groups is 2. The zero-order valence-corrected chi connectivity index (χ0v) is 14.3. The molecule has 0 saturated heterocycles. The highest BCUT2D eigenvalue weighted by Gasteiger charge is 2.31. The number of carbonyl (C=O) groups excluding carboxylic acids is 2. The van der Waals surface area contributed by atoms with Crippen molar-refractivity contribution in [3.05, 3.63) is 11.1 Å². The molecule has 1 aliphatic rings. The monoisotopic (exact) mass is 324 g/mol. The number of amides is 2. The van der Waals surface area contributed by atoms with Crippen molar-refractivity contribution >= 4 is 23.3 Å². The molecular formula is C15H24N4O2S. The van der Waals surface area contributed by atoms with E-state index < -0.39 is 0 Å². The number of hydrogen-bond donors (Lipinski definition) is 1. The lowest BCUT2D eigenvalue weighted by molar-refractivity contribution is -0.123. The lowest BCUT2D eigenvalue weighted by atomic mass is 10.0. The van der Waals surface area contributed by atoms with Crippen LogP contribution in [0.1, 0.15) is 63.4 Å². The number of nitrogens with zero attached hydrogens (tertiary/aromatic N) is 3. The van der Waals surface area contributed by atoms with Crippen LogP contribution in [-0.2, 0) is 4.79 Å². The van der Waals surface area contributed by atoms with Gasteiger partial charge in [-0.1, -0.05) is 24.3 Å². The lowest BCUT2D eigenvalue weighted by Gasteiger charge is -2.30. The summed E-state index contributed by atoms with van der Waals surface area (Å²) < 4.78 is 3.75. The molecule has 1 saturated carbocycles. The van der Waals surface area contributed by atoms with E-state index in [-0.39, 0.29) is 29.9 Å². The van der Waals surface area contributed by atoms with Gasteiger partial charge in [-0.2, -0.15) is 0 Å². The van der Waals surface area contributed by atoms with Crippen molar-refractivity contribution < 1.29 is 9.59 Å². The van der Waals surface area contributed by atoms with Crippen molar-refractivity contribution in [3.8, 4) is 0 Å². The van der Waals surface area contributed by atoms with E-state index in [1.54, 1.807) is 10.3 Å². The van der Waals surface area contributed by atoms with Gasteiger partial charge >= 0.3 is 0 Å². The van der Waals surface area contributed by atoms with Crippen molar-refractivity contribution in [1.29, 1.82) is 0 Å². The number of nitrogens with one attached hydrogen (secondary N) is 1. The van der Waals surface area contributed by atoms with Crippen LogP contribution in [0.3, 0.4) is 0 Å². The van der Waals surface area contributed by atoms with Crippen LogP contribution in [0, 0.1) is 0 Å². The first-order valence-corrected chi connectivity index (χ1v) is 8.65. The van der Waals surface area contributed by atoms with Gasteiger partial charge in [-0.3, -0.25) is 9.59 Å². The van der Waals surface area contributed by atoms with E-state index >= 15 is 0 Å². The van der Waals surface area contributed by atoms with E-state index in [0.717, 1.165) is 43.6 Å². The molecule has 0 atom stereocenters. The van der Waals surface area contributed by atoms with E-state index in [0.29, 0.717) is 5.69 Å². The van der Waals surface area contributed by atoms with Crippen molar-refractivity contribution in [2.45, 2.75) is 64.5 Å². The smallest absolute Gasteiger partial charge is 0.276 e. The maximum atomic E-state index is 12.6. The summed E-state index contributed by atoms with van der Waals surface area (Å²) in [4.78, 5) is 26.6. The molecule has 1 aliphatic carbocycles. The molecular weight excluding hydrogens is 300 g/mol. The van der Waals surface area contributed by atoms with Crippen molar-refractivity contribution in [1.82, 2.24) is 19.8 Å². The van der Waals surface area contributed by atoms with Gasteiger partial charge in [-0.15, -0.1) is 5.10 Å². The van der Waals surface area contributed by atoms with E-state index in [1.807, 2.05) is 20.8 Å². The highest BCUT2D eigenvalue weighted by molar-refractivity contribution is 7.03. The second kappa shape index (κ2) is 7.17. The fourth-order valence-electron chi connectivity index (χ4n) is 2.65. The van der Waals surface area contributed by atoms with Crippen LogP contribution in [0.2, 0.25) is 0 Å². The Morgan fingerprint density at radius 2 is 2.09 bits per heavy atom. The van der Waals surface area contributed by atoms with Gasteiger partial charge in [0.05, 0.1) is 0 Å². The average molecular weight is 324 g/mol. The summed E-state index contributed by atoms with van der Waals surface area (Å²) in [7, 11) is 0. The minimum Gasteiger partial charge on any atom is -0.350 e. The minimum atomic E-state index is -0.260. The Bertz CT molecular complexity index is 510. The molecule has 0 aliphatic heterocycles. The third-order valence-corrected chi connectivity index (χ3v) is 4.79. The fraction of sp³-hybridized carbons (Fsp3) is 0.733. The summed E-state index contributed by atoms with van der Waals surface area (Å²) in [6, 6.07) is 0.129. The molecule has 0 radical (unpaired) electrons. The first kappa shape index (κ1) is 16.9. The molecule has 6 nitrogen and oxygen atoms in total. The second-order valence-corrected chi connectivity index (χ2v) is 7.06. The third kappa shape index (κ3) is 4.25. The Morgan fingerprint density at radius 3 is 2.64 bits per heavy atom. The summed E-state index contributed by atoms with van der Waals surface area (Å²) in [6.45, 7) is 6.08. The van der Waals surface area contributed by atoms with Gasteiger partial charge in [0.1, 0.15) is 6.54 Å². The van der Waals surface area contributed by atoms with Crippen molar-refractivity contribution in [2.75, 3.05) is 6.54 Å². The second-order valence-electron chi connectivity index (χ2n) is 6.45. The fourth-order valence-corrected chi connectivity index (χ4v) is 3.08. The van der Waals surface area contributed by atoms with Crippen molar-refractivity contribution in [2.24, 2.45) is 0 Å². The molecule has 2 rings (SSSR count). The molecule has 122 valence electrons. The SMILES string of the molecule is CCC(C)(C)NC(=O)CN(C(=O)c1csnn1)C1CCCC1. The molecule has 1 heterocycles. The van der Waals surface area contributed by atoms with E-state index in [2.05, 4.69) is 14.9 Å². The van der Waals surface area contributed by atoms with E-state index in [1.165, 1.54) is 0 Å². The van der Waals surface area contributed by atoms with Crippen LogP contribution in [0.4, 0.5) is 0 Å². The van der Waals surface area contributed by atoms with Gasteiger partial charge in [0, 0.05) is 17.0 Å². The molecule has 1 N–H and O–H groups in total. The van der Waals surface area contributed by atoms with Gasteiger partial charge < -0.3 is 10.2 Å². The molecule has 7 heteroatoms. The standard InChI is InChI=1S/C15H24N4O2S/c1-4-15(2,3)16-13(20)9-19(11-7-5-6-8-11)14(21)12-10-22-18-17-12/h10-11H,4-9H2,1-3H3,(H,16,20). The third-order valence-electron chi connectivity index (χ3n) is 4.28. The molecule has 2 amide bonds. The summed E-state index contributed by atoms with van der Waals surface area (Å²) >= 11 is 1.15. The normalized spacial score (nSPS) is 15.8. The lowest BCUT2D eigenvalue weighted by Crippen LogP contribution is -2.50. The van der Waals surface area contributed by atoms with Crippen LogP contribution in [0.15, 0.2) is 5.38 Å². The van der Waals surface area contributed by atoms with E-state index in [4.69, 9.17) is 0 Å². The van der Waals surface area contributed by atoms with Crippen LogP contribution in [0.5, 0.6) is 0 Å². The minimum absolute atomic E-state index is 0.0878. The van der Waals surface area contributed by atoms with Crippen LogP contribution >= 0.6 is 11.5 Å². The number of hydrogen-bond acceptors (Lipinski definition) is 5. The first-order chi connectivity index (χ1) is 10.4. The Labute approximate surface area is 135 Å². The molecule has 1 aromatic rings. The largest absolute Gasteiger partial charge is 0.350 e. The predicted molar refractivity (Wildman–Crippen MR) is 85.7 cm³/mol. The van der Waals surface area contributed by atoms with Gasteiger partial charge in [-0.25, -0.2) is 0 Å². The zero-order chi connectivity index (χ0) is 16.2. The summed E-state index contributed by atoms with van der Waals surface area (Å²) in [6.07, 6.45) is 4.95. The number of rotatable bonds is 6. The molecule has 1 aromatic heterocycles. The molecule has 0 bridgehead atoms. The summed E-state index contributed by atoms with van der Waals surface area (Å²) in [5.41, 5.74) is 0.0726. The zero-order valence-electron chi connectivity index (χ0n) is 13.5. The van der Waals surface area contributed by atoms with Gasteiger partial charge in [-0.05, 0) is 44.6 Å². The molecule has 22 heavy (non-hydrogen) atoms. The Hall–Kier alpha value is -1.50. The van der Waals surface area contributed by atoms with Crippen molar-refractivity contribution in [3.63, 3.8) is 0 Å². The summed E-state index contributed by atoms with van der Waals surface area (Å²) in [5.74, 6) is -0.305. The Balaban J connectivity index is 2.08. The summed E-state index contributed by atoms with van der Waals surface area (Å²) in [5, 5.41) is 8.48. The molecule has 0 aromatic carbocycles. The predicted octanol–water partition coefficient (Wildman–Crippen LogP) is 2.23. The van der Waals surface area contributed by atoms with Crippen LogP contribution < -0.4 is 5.32 Å². The Morgan fingerprint density at radius 1 is 1.41 bits per heavy atom. The van der Waals surface area contributed by atoms with Crippen LogP contribution in [-0.4, -0.2) is 44.4 Å². The van der Waals surface area contributed by atoms with Crippen LogP contribution in [0.25, 0.3) is 0 Å². The van der Waals surface area contributed by atoms with Gasteiger partial charge in [0.25, 0.3) is 5.91 Å². The average Bonchev–Trinajstić information content (AvgIpc) is 3.16. The maximum Gasteiger partial charge on any atom is 0.276 e. The van der Waals surface area contributed by atoms with E-state index in [9.17, 15) is 9.59 Å². The quantitative estimate of drug-likeness (QED) is 0.870. The van der Waals surface area contributed by atoms with Gasteiger partial charge in [0.2, 0.25) is 5.91 Å². The molecule has 0 unspecified atom stereocenters. The topological polar surface area (TPSA) is 75.2 Å². The maximum absolute atomic E-state index is 12.6. The highest BCUT2D eigenvalue weighted by atomic mass is 32.1.